The average Bonchev–Trinajstić information content (AvgIpc) is 2.24. The van der Waals surface area contributed by atoms with Crippen LogP contribution in [0.25, 0.3) is 0 Å². The van der Waals surface area contributed by atoms with Gasteiger partial charge in [0.2, 0.25) is 11.8 Å². The zero-order valence-electron chi connectivity index (χ0n) is 11.2. The molecular weight excluding hydrogens is 218 g/mol. The number of hydrogen-bond donors (Lipinski definition) is 1. The Morgan fingerprint density at radius 3 is 2.59 bits per heavy atom. The third-order valence-electron chi connectivity index (χ3n) is 2.14. The predicted molar refractivity (Wildman–Crippen MR) is 67.5 cm³/mol. The van der Waals surface area contributed by atoms with Gasteiger partial charge in [-0.25, -0.2) is 4.98 Å². The first-order chi connectivity index (χ1) is 8.01. The Bertz CT molecular complexity index is 356. The van der Waals surface area contributed by atoms with Crippen molar-refractivity contribution in [1.29, 1.82) is 0 Å². The molecule has 0 bridgehead atoms. The molecule has 0 saturated heterocycles. The number of anilines is 1. The van der Waals surface area contributed by atoms with Gasteiger partial charge >= 0.3 is 0 Å². The van der Waals surface area contributed by atoms with Crippen molar-refractivity contribution in [3.8, 4) is 5.88 Å². The molecule has 0 amide bonds. The zero-order valence-corrected chi connectivity index (χ0v) is 11.2. The number of methoxy groups -OCH3 is 1. The maximum Gasteiger partial charge on any atom is 0.226 e. The highest BCUT2D eigenvalue weighted by Gasteiger charge is 2.06. The van der Waals surface area contributed by atoms with Gasteiger partial charge in [-0.1, -0.05) is 0 Å². The minimum Gasteiger partial charge on any atom is -0.475 e. The highest BCUT2D eigenvalue weighted by molar-refractivity contribution is 5.30. The summed E-state index contributed by atoms with van der Waals surface area (Å²) in [6.45, 7) is 8.50. The molecule has 1 N–H and O–H groups in total. The summed E-state index contributed by atoms with van der Waals surface area (Å²) in [6.07, 6.45) is 0.226. The highest BCUT2D eigenvalue weighted by atomic mass is 16.5. The lowest BCUT2D eigenvalue weighted by atomic mass is 10.4. The Labute approximate surface area is 103 Å². The van der Waals surface area contributed by atoms with Gasteiger partial charge in [0, 0.05) is 25.4 Å². The third kappa shape index (κ3) is 4.99. The van der Waals surface area contributed by atoms with Crippen LogP contribution in [0.15, 0.2) is 6.07 Å². The second-order valence-electron chi connectivity index (χ2n) is 4.26. The van der Waals surface area contributed by atoms with Crippen LogP contribution in [0.1, 0.15) is 26.5 Å². The van der Waals surface area contributed by atoms with Crippen molar-refractivity contribution in [2.75, 3.05) is 19.0 Å². The fraction of sp³-hybridized carbons (Fsp3) is 0.667. The molecule has 1 aromatic rings. The molecule has 1 rings (SSSR count). The van der Waals surface area contributed by atoms with Gasteiger partial charge in [-0.2, -0.15) is 4.98 Å². The van der Waals surface area contributed by atoms with E-state index in [0.29, 0.717) is 18.4 Å². The van der Waals surface area contributed by atoms with E-state index in [1.165, 1.54) is 0 Å². The summed E-state index contributed by atoms with van der Waals surface area (Å²) in [4.78, 5) is 8.57. The van der Waals surface area contributed by atoms with Crippen LogP contribution >= 0.6 is 0 Å². The average molecular weight is 239 g/mol. The second kappa shape index (κ2) is 6.39. The summed E-state index contributed by atoms with van der Waals surface area (Å²) in [5.41, 5.74) is 0.878. The summed E-state index contributed by atoms with van der Waals surface area (Å²) < 4.78 is 10.7. The van der Waals surface area contributed by atoms with Gasteiger partial charge in [-0.15, -0.1) is 0 Å². The molecule has 96 valence electrons. The first-order valence-electron chi connectivity index (χ1n) is 5.80. The van der Waals surface area contributed by atoms with Crippen molar-refractivity contribution in [2.24, 2.45) is 0 Å². The summed E-state index contributed by atoms with van der Waals surface area (Å²) in [5.74, 6) is 1.17. The van der Waals surface area contributed by atoms with Gasteiger partial charge in [0.05, 0.1) is 12.2 Å². The van der Waals surface area contributed by atoms with E-state index in [4.69, 9.17) is 9.47 Å². The van der Waals surface area contributed by atoms with Crippen LogP contribution in [-0.4, -0.2) is 35.8 Å². The van der Waals surface area contributed by atoms with E-state index in [2.05, 4.69) is 15.3 Å². The largest absolute Gasteiger partial charge is 0.475 e. The lowest BCUT2D eigenvalue weighted by molar-refractivity contribution is 0.128. The van der Waals surface area contributed by atoms with Crippen molar-refractivity contribution >= 4 is 5.95 Å². The maximum absolute atomic E-state index is 5.55. The smallest absolute Gasteiger partial charge is 0.226 e. The SMILES string of the molecule is COC(C)CNc1nc(C)cc(OC(C)C)n1. The molecule has 1 unspecified atom stereocenters. The quantitative estimate of drug-likeness (QED) is 0.823. The fourth-order valence-electron chi connectivity index (χ4n) is 1.24. The van der Waals surface area contributed by atoms with Crippen LogP contribution in [0.3, 0.4) is 0 Å². The maximum atomic E-state index is 5.55. The molecule has 0 aliphatic heterocycles. The zero-order chi connectivity index (χ0) is 12.8. The van der Waals surface area contributed by atoms with Gasteiger partial charge < -0.3 is 14.8 Å². The van der Waals surface area contributed by atoms with Gasteiger partial charge in [-0.3, -0.25) is 0 Å². The number of aromatic nitrogens is 2. The van der Waals surface area contributed by atoms with Crippen LogP contribution in [0.4, 0.5) is 5.95 Å². The van der Waals surface area contributed by atoms with Crippen molar-refractivity contribution in [3.63, 3.8) is 0 Å². The molecule has 0 fully saturated rings. The monoisotopic (exact) mass is 239 g/mol. The van der Waals surface area contributed by atoms with Crippen molar-refractivity contribution in [2.45, 2.75) is 39.9 Å². The number of hydrogen-bond acceptors (Lipinski definition) is 5. The number of rotatable bonds is 6. The van der Waals surface area contributed by atoms with Crippen LogP contribution < -0.4 is 10.1 Å². The Kier molecular flexibility index (Phi) is 5.15. The molecule has 0 aliphatic carbocycles. The summed E-state index contributed by atoms with van der Waals surface area (Å²) in [7, 11) is 1.68. The molecular formula is C12H21N3O2. The summed E-state index contributed by atoms with van der Waals surface area (Å²) >= 11 is 0. The van der Waals surface area contributed by atoms with E-state index in [-0.39, 0.29) is 12.2 Å². The molecule has 5 heteroatoms. The Hall–Kier alpha value is -1.36. The number of nitrogens with one attached hydrogen (secondary N) is 1. The van der Waals surface area contributed by atoms with E-state index in [9.17, 15) is 0 Å². The Balaban J connectivity index is 2.68. The lowest BCUT2D eigenvalue weighted by Crippen LogP contribution is -2.19. The molecule has 1 heterocycles. The predicted octanol–water partition coefficient (Wildman–Crippen LogP) is 2.02. The molecule has 17 heavy (non-hydrogen) atoms. The van der Waals surface area contributed by atoms with Gasteiger partial charge in [0.25, 0.3) is 0 Å². The number of nitrogens with zero attached hydrogens (tertiary/aromatic N) is 2. The van der Waals surface area contributed by atoms with Crippen LogP contribution in [-0.2, 0) is 4.74 Å². The molecule has 0 spiro atoms. The topological polar surface area (TPSA) is 56.3 Å². The minimum absolute atomic E-state index is 0.107. The van der Waals surface area contributed by atoms with Crippen molar-refractivity contribution < 1.29 is 9.47 Å². The van der Waals surface area contributed by atoms with E-state index < -0.39 is 0 Å². The highest BCUT2D eigenvalue weighted by Crippen LogP contribution is 2.13. The molecule has 1 aromatic heterocycles. The standard InChI is InChI=1S/C12H21N3O2/c1-8(2)17-11-6-9(3)14-12(15-11)13-7-10(4)16-5/h6,8,10H,7H2,1-5H3,(H,13,14,15). The van der Waals surface area contributed by atoms with Crippen LogP contribution in [0.5, 0.6) is 5.88 Å². The first-order valence-corrected chi connectivity index (χ1v) is 5.80. The fourth-order valence-corrected chi connectivity index (χ4v) is 1.24. The molecule has 1 atom stereocenters. The van der Waals surface area contributed by atoms with E-state index in [1.807, 2.05) is 33.8 Å². The normalized spacial score (nSPS) is 12.6. The first kappa shape index (κ1) is 13.7. The molecule has 0 radical (unpaired) electrons. The Morgan fingerprint density at radius 2 is 2.00 bits per heavy atom. The summed E-state index contributed by atoms with van der Waals surface area (Å²) in [6, 6.07) is 1.82. The second-order valence-corrected chi connectivity index (χ2v) is 4.26. The van der Waals surface area contributed by atoms with Crippen molar-refractivity contribution in [1.82, 2.24) is 9.97 Å². The van der Waals surface area contributed by atoms with E-state index in [0.717, 1.165) is 5.69 Å². The number of ether oxygens (including phenoxy) is 2. The summed E-state index contributed by atoms with van der Waals surface area (Å²) in [5, 5.41) is 3.12. The van der Waals surface area contributed by atoms with Gasteiger partial charge in [0.15, 0.2) is 0 Å². The Morgan fingerprint density at radius 1 is 1.29 bits per heavy atom. The minimum atomic E-state index is 0.107. The molecule has 0 aromatic carbocycles. The molecule has 5 nitrogen and oxygen atoms in total. The van der Waals surface area contributed by atoms with E-state index in [1.54, 1.807) is 7.11 Å². The molecule has 0 aliphatic rings. The van der Waals surface area contributed by atoms with Crippen LogP contribution in [0.2, 0.25) is 0 Å². The number of aryl methyl sites for hydroxylation is 1. The van der Waals surface area contributed by atoms with Gasteiger partial charge in [0.1, 0.15) is 0 Å². The van der Waals surface area contributed by atoms with Crippen molar-refractivity contribution in [3.05, 3.63) is 11.8 Å². The van der Waals surface area contributed by atoms with E-state index >= 15 is 0 Å². The van der Waals surface area contributed by atoms with Gasteiger partial charge in [-0.05, 0) is 27.7 Å². The molecule has 0 saturated carbocycles. The third-order valence-corrected chi connectivity index (χ3v) is 2.14. The lowest BCUT2D eigenvalue weighted by Gasteiger charge is -2.13. The van der Waals surface area contributed by atoms with Crippen LogP contribution in [0, 0.1) is 6.92 Å².